The van der Waals surface area contributed by atoms with Gasteiger partial charge >= 0.3 is 0 Å². The standard InChI is InChI=1S/C16H17N3O4S2/c1-2-17-13(21)14(25-16(17)23)18(11-6-4-3-5-7-11)8-9-19-12(20)10-24-15(19)22/h3-7,14H,2,8-10H2,1H3/t14-/m0/s1. The molecule has 7 nitrogen and oxygen atoms in total. The Morgan fingerprint density at radius 3 is 2.36 bits per heavy atom. The summed E-state index contributed by atoms with van der Waals surface area (Å²) >= 11 is 1.95. The van der Waals surface area contributed by atoms with E-state index in [4.69, 9.17) is 0 Å². The molecule has 0 unspecified atom stereocenters. The first-order valence-corrected chi connectivity index (χ1v) is 9.70. The number of carbonyl (C=O) groups excluding carboxylic acids is 4. The molecule has 0 spiro atoms. The van der Waals surface area contributed by atoms with Gasteiger partial charge in [-0.1, -0.05) is 30.0 Å². The largest absolute Gasteiger partial charge is 0.349 e. The van der Waals surface area contributed by atoms with Crippen molar-refractivity contribution in [2.24, 2.45) is 0 Å². The SMILES string of the molecule is CCN1C(=O)S[C@H](N(CCN2C(=O)CSC2=O)c2ccccc2)C1=O. The molecule has 132 valence electrons. The molecule has 0 aromatic heterocycles. The molecule has 2 fully saturated rings. The smallest absolute Gasteiger partial charge is 0.290 e. The lowest BCUT2D eigenvalue weighted by Crippen LogP contribution is -2.45. The van der Waals surface area contributed by atoms with Gasteiger partial charge in [0.25, 0.3) is 16.4 Å². The predicted octanol–water partition coefficient (Wildman–Crippen LogP) is 2.23. The molecule has 2 aliphatic rings. The van der Waals surface area contributed by atoms with Crippen LogP contribution in [0.25, 0.3) is 0 Å². The number of likely N-dealkylation sites (N-methyl/N-ethyl adjacent to an activating group) is 1. The molecule has 4 amide bonds. The number of hydrogen-bond donors (Lipinski definition) is 0. The van der Waals surface area contributed by atoms with Gasteiger partial charge in [-0.15, -0.1) is 0 Å². The van der Waals surface area contributed by atoms with E-state index < -0.39 is 5.37 Å². The second kappa shape index (κ2) is 7.49. The van der Waals surface area contributed by atoms with Gasteiger partial charge in [0.1, 0.15) is 0 Å². The summed E-state index contributed by atoms with van der Waals surface area (Å²) in [5.74, 6) is -0.335. The van der Waals surface area contributed by atoms with Crippen molar-refractivity contribution in [2.45, 2.75) is 12.3 Å². The number of para-hydroxylation sites is 1. The fraction of sp³-hybridized carbons (Fsp3) is 0.375. The number of benzene rings is 1. The van der Waals surface area contributed by atoms with Gasteiger partial charge in [-0.2, -0.15) is 0 Å². The molecule has 0 N–H and O–H groups in total. The maximum Gasteiger partial charge on any atom is 0.290 e. The van der Waals surface area contributed by atoms with Crippen molar-refractivity contribution in [3.05, 3.63) is 30.3 Å². The third-order valence-corrected chi connectivity index (χ3v) is 5.96. The predicted molar refractivity (Wildman–Crippen MR) is 97.5 cm³/mol. The molecule has 0 bridgehead atoms. The fourth-order valence-corrected chi connectivity index (χ4v) is 4.59. The fourth-order valence-electron chi connectivity index (χ4n) is 2.72. The maximum absolute atomic E-state index is 12.6. The lowest BCUT2D eigenvalue weighted by molar-refractivity contribution is -0.126. The summed E-state index contributed by atoms with van der Waals surface area (Å²) in [5, 5.41) is -1.23. The van der Waals surface area contributed by atoms with E-state index in [1.54, 1.807) is 11.8 Å². The zero-order valence-electron chi connectivity index (χ0n) is 13.6. The quantitative estimate of drug-likeness (QED) is 0.750. The van der Waals surface area contributed by atoms with Crippen LogP contribution in [0.1, 0.15) is 6.92 Å². The summed E-state index contributed by atoms with van der Waals surface area (Å²) in [6.07, 6.45) is 0. The minimum Gasteiger partial charge on any atom is -0.349 e. The lowest BCUT2D eigenvalue weighted by atomic mass is 10.2. The highest BCUT2D eigenvalue weighted by Crippen LogP contribution is 2.32. The Bertz CT molecular complexity index is 697. The first-order valence-electron chi connectivity index (χ1n) is 7.83. The topological polar surface area (TPSA) is 78.0 Å². The highest BCUT2D eigenvalue weighted by Gasteiger charge is 2.43. The normalized spacial score (nSPS) is 20.8. The number of thioether (sulfide) groups is 2. The van der Waals surface area contributed by atoms with E-state index in [2.05, 4.69) is 0 Å². The van der Waals surface area contributed by atoms with E-state index in [1.807, 2.05) is 30.3 Å². The average molecular weight is 379 g/mol. The second-order valence-corrected chi connectivity index (χ2v) is 7.41. The Kier molecular flexibility index (Phi) is 5.33. The van der Waals surface area contributed by atoms with E-state index in [1.165, 1.54) is 9.80 Å². The molecule has 1 atom stereocenters. The number of anilines is 1. The third kappa shape index (κ3) is 3.52. The van der Waals surface area contributed by atoms with E-state index in [0.717, 1.165) is 29.2 Å². The third-order valence-electron chi connectivity index (χ3n) is 4.00. The summed E-state index contributed by atoms with van der Waals surface area (Å²) in [7, 11) is 0. The summed E-state index contributed by atoms with van der Waals surface area (Å²) in [5.41, 5.74) is 0.769. The van der Waals surface area contributed by atoms with Gasteiger partial charge in [0, 0.05) is 25.3 Å². The van der Waals surface area contributed by atoms with Crippen LogP contribution in [0.5, 0.6) is 0 Å². The number of carbonyl (C=O) groups is 4. The zero-order chi connectivity index (χ0) is 18.0. The van der Waals surface area contributed by atoms with Gasteiger partial charge in [0.05, 0.1) is 5.75 Å². The summed E-state index contributed by atoms with van der Waals surface area (Å²) < 4.78 is 0. The Morgan fingerprint density at radius 2 is 1.80 bits per heavy atom. The number of hydrogen-bond acceptors (Lipinski definition) is 7. The lowest BCUT2D eigenvalue weighted by Gasteiger charge is -2.30. The van der Waals surface area contributed by atoms with Gasteiger partial charge in [-0.3, -0.25) is 29.0 Å². The minimum absolute atomic E-state index is 0.156. The van der Waals surface area contributed by atoms with Crippen molar-refractivity contribution < 1.29 is 19.2 Å². The first kappa shape index (κ1) is 17.8. The van der Waals surface area contributed by atoms with E-state index in [-0.39, 0.29) is 41.1 Å². The van der Waals surface area contributed by atoms with Crippen LogP contribution in [-0.4, -0.2) is 62.9 Å². The molecule has 9 heteroatoms. The molecular formula is C16H17N3O4S2. The second-order valence-electron chi connectivity index (χ2n) is 5.45. The van der Waals surface area contributed by atoms with Gasteiger partial charge < -0.3 is 4.90 Å². The molecule has 2 saturated heterocycles. The monoisotopic (exact) mass is 379 g/mol. The van der Waals surface area contributed by atoms with Crippen molar-refractivity contribution in [3.8, 4) is 0 Å². The summed E-state index contributed by atoms with van der Waals surface area (Å²) in [6, 6.07) is 9.23. The van der Waals surface area contributed by atoms with Gasteiger partial charge in [-0.25, -0.2) is 0 Å². The molecule has 1 aromatic rings. The van der Waals surface area contributed by atoms with Crippen LogP contribution in [0.2, 0.25) is 0 Å². The van der Waals surface area contributed by atoms with E-state index >= 15 is 0 Å². The van der Waals surface area contributed by atoms with Crippen molar-refractivity contribution in [2.75, 3.05) is 30.3 Å². The Balaban J connectivity index is 1.81. The molecule has 0 aliphatic carbocycles. The molecule has 3 rings (SSSR count). The molecule has 0 saturated carbocycles. The first-order chi connectivity index (χ1) is 12.0. The number of rotatable bonds is 6. The van der Waals surface area contributed by atoms with Crippen molar-refractivity contribution in [3.63, 3.8) is 0 Å². The number of amides is 4. The average Bonchev–Trinajstić information content (AvgIpc) is 3.08. The van der Waals surface area contributed by atoms with Crippen molar-refractivity contribution in [1.29, 1.82) is 0 Å². The van der Waals surface area contributed by atoms with Gasteiger partial charge in [0.2, 0.25) is 5.91 Å². The van der Waals surface area contributed by atoms with E-state index in [9.17, 15) is 19.2 Å². The van der Waals surface area contributed by atoms with Crippen LogP contribution in [0.15, 0.2) is 30.3 Å². The van der Waals surface area contributed by atoms with Crippen LogP contribution >= 0.6 is 23.5 Å². The van der Waals surface area contributed by atoms with Gasteiger partial charge in [-0.05, 0) is 30.8 Å². The minimum atomic E-state index is -0.685. The van der Waals surface area contributed by atoms with Crippen LogP contribution in [0, 0.1) is 0 Å². The Hall–Kier alpha value is -2.00. The van der Waals surface area contributed by atoms with Crippen LogP contribution in [0.3, 0.4) is 0 Å². The summed E-state index contributed by atoms with van der Waals surface area (Å²) in [4.78, 5) is 52.4. The Labute approximate surface area is 153 Å². The highest BCUT2D eigenvalue weighted by atomic mass is 32.2. The molecule has 1 aromatic carbocycles. The zero-order valence-corrected chi connectivity index (χ0v) is 15.2. The molecule has 2 heterocycles. The molecule has 25 heavy (non-hydrogen) atoms. The van der Waals surface area contributed by atoms with Crippen molar-refractivity contribution >= 4 is 51.5 Å². The maximum atomic E-state index is 12.6. The van der Waals surface area contributed by atoms with Crippen LogP contribution in [0.4, 0.5) is 15.3 Å². The van der Waals surface area contributed by atoms with E-state index in [0.29, 0.717) is 6.54 Å². The summed E-state index contributed by atoms with van der Waals surface area (Å²) in [6.45, 7) is 2.55. The highest BCUT2D eigenvalue weighted by molar-refractivity contribution is 8.15. The number of nitrogens with zero attached hydrogens (tertiary/aromatic N) is 3. The number of imide groups is 2. The van der Waals surface area contributed by atoms with Crippen LogP contribution in [-0.2, 0) is 9.59 Å². The van der Waals surface area contributed by atoms with Crippen LogP contribution < -0.4 is 4.90 Å². The van der Waals surface area contributed by atoms with Crippen molar-refractivity contribution in [1.82, 2.24) is 9.80 Å². The molecule has 2 aliphatic heterocycles. The molecular weight excluding hydrogens is 362 g/mol. The van der Waals surface area contributed by atoms with Gasteiger partial charge in [0.15, 0.2) is 5.37 Å². The molecule has 0 radical (unpaired) electrons. The Morgan fingerprint density at radius 1 is 1.08 bits per heavy atom.